The molecule has 0 saturated heterocycles. The summed E-state index contributed by atoms with van der Waals surface area (Å²) in [4.78, 5) is 0. The van der Waals surface area contributed by atoms with Gasteiger partial charge in [-0.3, -0.25) is 0 Å². The van der Waals surface area contributed by atoms with Crippen LogP contribution in [0, 0.1) is 0 Å². The predicted molar refractivity (Wildman–Crippen MR) is 0 cm³/mol. The molecular weight excluding hydrogens is 562 g/mol. The van der Waals surface area contributed by atoms with Gasteiger partial charge in [0.1, 0.15) is 0 Å². The Bertz CT molecular complexity index is 8.00. The van der Waals surface area contributed by atoms with Gasteiger partial charge in [-0.15, -0.1) is 0 Å². The molecule has 0 aromatic rings. The first-order chi connectivity index (χ1) is 0. The van der Waals surface area contributed by atoms with Crippen molar-refractivity contribution in [3.8, 4) is 0 Å². The molecule has 0 spiro atoms. The summed E-state index contributed by atoms with van der Waals surface area (Å²) < 4.78 is 0. The number of hydrogen-bond acceptors (Lipinski definition) is 0. The van der Waals surface area contributed by atoms with E-state index in [1.54, 1.807) is 0 Å². The van der Waals surface area contributed by atoms with Crippen LogP contribution in [0.25, 0.3) is 0 Å². The molecule has 0 saturated carbocycles. The zero-order valence-corrected chi connectivity index (χ0v) is 8.17. The fraction of sp³-hybridized carbons (Fsp3) is 0. The third kappa shape index (κ3) is 8.82. The van der Waals surface area contributed by atoms with E-state index >= 15 is 0 Å². The van der Waals surface area contributed by atoms with Crippen LogP contribution in [0.4, 0.5) is 0 Å². The van der Waals surface area contributed by atoms with E-state index in [4.69, 9.17) is 0 Å². The van der Waals surface area contributed by atoms with Crippen LogP contribution in [0.2, 0.25) is 0 Å². The van der Waals surface area contributed by atoms with E-state index in [0.29, 0.717) is 0 Å². The minimum absolute atomic E-state index is 0. The van der Waals surface area contributed by atoms with Crippen molar-refractivity contribution in [3.05, 3.63) is 0 Å². The first kappa shape index (κ1) is 30.5. The van der Waals surface area contributed by atoms with E-state index < -0.39 is 0 Å². The topological polar surface area (TPSA) is 0 Å². The Kier molecular flexibility index (Phi) is 134. The van der Waals surface area contributed by atoms with Crippen molar-refractivity contribution in [3.63, 3.8) is 0 Å². The molecule has 42 valence electrons. The molecule has 4 heteroatoms. The predicted octanol–water partition coefficient (Wildman–Crippen LogP) is -0.0100. The number of hydrogen-bond donors (Lipinski definition) is 0. The molecule has 2 radical (unpaired) electrons. The van der Waals surface area contributed by atoms with Gasteiger partial charge >= 0.3 is 0 Å². The second-order valence-electron chi connectivity index (χ2n) is 0. The van der Waals surface area contributed by atoms with Crippen molar-refractivity contribution >= 4 is 0 Å². The van der Waals surface area contributed by atoms with Crippen LogP contribution >= 0.6 is 0 Å². The van der Waals surface area contributed by atoms with Crippen LogP contribution in [0.1, 0.15) is 0 Å². The molecule has 0 aliphatic carbocycles. The smallest absolute Gasteiger partial charge is 0 e. The zero-order valence-electron chi connectivity index (χ0n) is 1.24. The van der Waals surface area contributed by atoms with Crippen LogP contribution in [0.15, 0.2) is 0 Å². The average molecular weight is 562 g/mol. The van der Waals surface area contributed by atoms with Crippen molar-refractivity contribution in [2.45, 2.75) is 0 Å². The van der Waals surface area contributed by atoms with Crippen LogP contribution < -0.4 is 0 Å². The first-order valence-corrected chi connectivity index (χ1v) is 0. The molecule has 0 unspecified atom stereocenters. The molecule has 0 aliphatic heterocycles. The number of rotatable bonds is 0. The van der Waals surface area contributed by atoms with Crippen molar-refractivity contribution in [1.29, 1.82) is 0 Å². The quantitative estimate of drug-likeness (QED) is 0.365. The van der Waals surface area contributed by atoms with Crippen molar-refractivity contribution in [1.82, 2.24) is 0 Å². The van der Waals surface area contributed by atoms with Gasteiger partial charge in [0, 0.05) is 80.9 Å². The van der Waals surface area contributed by atoms with E-state index in [1.165, 1.54) is 0 Å². The van der Waals surface area contributed by atoms with Crippen LogP contribution in [0.5, 0.6) is 0 Å². The molecule has 0 bridgehead atoms. The van der Waals surface area contributed by atoms with Gasteiger partial charge in [0.15, 0.2) is 0 Å². The Morgan fingerprint density at radius 3 is 1.00 bits per heavy atom. The molecule has 0 aromatic heterocycles. The largest absolute Gasteiger partial charge is 0 e. The van der Waals surface area contributed by atoms with Gasteiger partial charge < -0.3 is 0 Å². The van der Waals surface area contributed by atoms with E-state index in [9.17, 15) is 0 Å². The van der Waals surface area contributed by atoms with Gasteiger partial charge in [-0.05, 0) is 0 Å². The second-order valence-corrected chi connectivity index (χ2v) is 0. The summed E-state index contributed by atoms with van der Waals surface area (Å²) in [6.45, 7) is 0. The summed E-state index contributed by atoms with van der Waals surface area (Å²) in [7, 11) is 0. The minimum atomic E-state index is 0. The molecular formula is AuCuPdPt. The van der Waals surface area contributed by atoms with Crippen LogP contribution in [-0.2, 0) is 80.9 Å². The fourth-order valence-electron chi connectivity index (χ4n) is 0. The molecule has 4 heavy (non-hydrogen) atoms. The summed E-state index contributed by atoms with van der Waals surface area (Å²) >= 11 is 0. The first-order valence-electron chi connectivity index (χ1n) is 0. The normalized spacial score (nSPS) is 0. The van der Waals surface area contributed by atoms with Crippen molar-refractivity contribution in [2.75, 3.05) is 0 Å². The maximum absolute atomic E-state index is 0. The van der Waals surface area contributed by atoms with E-state index in [1.807, 2.05) is 0 Å². The Labute approximate surface area is 79.8 Å². The maximum atomic E-state index is 0. The maximum Gasteiger partial charge on any atom is 0 e. The van der Waals surface area contributed by atoms with Crippen LogP contribution in [0.3, 0.4) is 0 Å². The Hall–Kier alpha value is 2.61. The van der Waals surface area contributed by atoms with E-state index in [2.05, 4.69) is 0 Å². The van der Waals surface area contributed by atoms with Gasteiger partial charge in [-0.25, -0.2) is 0 Å². The minimum Gasteiger partial charge on any atom is 0 e. The van der Waals surface area contributed by atoms with Crippen molar-refractivity contribution < 1.29 is 80.9 Å². The SMILES string of the molecule is [Au].[Cu].[Pd].[Pt]. The molecule has 0 nitrogen and oxygen atoms in total. The van der Waals surface area contributed by atoms with Gasteiger partial charge in [-0.1, -0.05) is 0 Å². The summed E-state index contributed by atoms with van der Waals surface area (Å²) in [5.74, 6) is 0. The zero-order chi connectivity index (χ0) is 0. The standard InChI is InChI=1S/Au.Cu.Pd.Pt. The van der Waals surface area contributed by atoms with Gasteiger partial charge in [0.2, 0.25) is 0 Å². The van der Waals surface area contributed by atoms with E-state index in [0.717, 1.165) is 0 Å². The molecule has 0 aromatic carbocycles. The molecule has 0 amide bonds. The monoisotopic (exact) mass is 561 g/mol. The summed E-state index contributed by atoms with van der Waals surface area (Å²) in [6.07, 6.45) is 0. The molecule has 0 fully saturated rings. The average Bonchev–Trinajstić information content (AvgIpc) is 0. The van der Waals surface area contributed by atoms with Crippen LogP contribution in [-0.4, -0.2) is 0 Å². The summed E-state index contributed by atoms with van der Waals surface area (Å²) in [5.41, 5.74) is 0. The van der Waals surface area contributed by atoms with Gasteiger partial charge in [-0.2, -0.15) is 0 Å². The molecule has 0 aliphatic rings. The third-order valence-corrected chi connectivity index (χ3v) is 0. The molecule has 0 heterocycles. The molecule has 0 atom stereocenters. The molecule has 0 rings (SSSR count). The fourth-order valence-corrected chi connectivity index (χ4v) is 0. The molecule has 0 N–H and O–H groups in total. The Balaban J connectivity index is 0. The van der Waals surface area contributed by atoms with Gasteiger partial charge in [0.05, 0.1) is 0 Å². The Morgan fingerprint density at radius 1 is 1.00 bits per heavy atom. The second kappa shape index (κ2) is 17.5. The van der Waals surface area contributed by atoms with E-state index in [-0.39, 0.29) is 80.9 Å². The summed E-state index contributed by atoms with van der Waals surface area (Å²) in [6, 6.07) is 0. The Morgan fingerprint density at radius 2 is 1.00 bits per heavy atom. The van der Waals surface area contributed by atoms with Gasteiger partial charge in [0.25, 0.3) is 0 Å². The van der Waals surface area contributed by atoms with Crippen molar-refractivity contribution in [2.24, 2.45) is 0 Å². The third-order valence-electron chi connectivity index (χ3n) is 0. The summed E-state index contributed by atoms with van der Waals surface area (Å²) in [5, 5.41) is 0.